The molecule has 5 nitrogen and oxygen atoms in total. The SMILES string of the molecule is CCCCC(CC)CNCC(=O)NC(N)=O. The molecule has 0 fully saturated rings. The molecule has 0 spiro atoms. The minimum atomic E-state index is -0.801. The average Bonchev–Trinajstić information content (AvgIpc) is 2.22. The summed E-state index contributed by atoms with van der Waals surface area (Å²) in [6.07, 6.45) is 4.69. The highest BCUT2D eigenvalue weighted by molar-refractivity contribution is 5.94. The fraction of sp³-hybridized carbons (Fsp3) is 0.818. The number of imide groups is 1. The third-order valence-electron chi connectivity index (χ3n) is 2.52. The Hall–Kier alpha value is -1.10. The zero-order valence-corrected chi connectivity index (χ0v) is 10.2. The van der Waals surface area contributed by atoms with Crippen LogP contribution in [0.2, 0.25) is 0 Å². The van der Waals surface area contributed by atoms with Crippen LogP contribution in [-0.4, -0.2) is 25.0 Å². The zero-order chi connectivity index (χ0) is 12.4. The Morgan fingerprint density at radius 1 is 1.31 bits per heavy atom. The van der Waals surface area contributed by atoms with Crippen LogP contribution in [-0.2, 0) is 4.79 Å². The maximum Gasteiger partial charge on any atom is 0.318 e. The van der Waals surface area contributed by atoms with E-state index in [1.165, 1.54) is 19.3 Å². The third-order valence-corrected chi connectivity index (χ3v) is 2.52. The Morgan fingerprint density at radius 2 is 2.00 bits per heavy atom. The van der Waals surface area contributed by atoms with Gasteiger partial charge < -0.3 is 11.1 Å². The first-order valence-electron chi connectivity index (χ1n) is 5.90. The molecule has 0 aliphatic rings. The number of carbonyl (C=O) groups is 2. The Balaban J connectivity index is 3.61. The van der Waals surface area contributed by atoms with Crippen LogP contribution in [0.5, 0.6) is 0 Å². The van der Waals surface area contributed by atoms with Crippen molar-refractivity contribution in [1.29, 1.82) is 0 Å². The van der Waals surface area contributed by atoms with E-state index >= 15 is 0 Å². The lowest BCUT2D eigenvalue weighted by Crippen LogP contribution is -2.41. The number of nitrogens with two attached hydrogens (primary N) is 1. The van der Waals surface area contributed by atoms with E-state index in [1.807, 2.05) is 5.32 Å². The first-order chi connectivity index (χ1) is 7.60. The minimum absolute atomic E-state index is 0.144. The Kier molecular flexibility index (Phi) is 8.52. The molecule has 5 heteroatoms. The van der Waals surface area contributed by atoms with Gasteiger partial charge in [-0.25, -0.2) is 4.79 Å². The summed E-state index contributed by atoms with van der Waals surface area (Å²) in [6, 6.07) is -0.801. The number of carbonyl (C=O) groups excluding carboxylic acids is 2. The van der Waals surface area contributed by atoms with Crippen molar-refractivity contribution in [1.82, 2.24) is 10.6 Å². The Morgan fingerprint density at radius 3 is 2.50 bits per heavy atom. The molecule has 0 aromatic heterocycles. The number of hydrogen-bond donors (Lipinski definition) is 3. The standard InChI is InChI=1S/C11H23N3O2/c1-3-5-6-9(4-2)7-13-8-10(15)14-11(12)16/h9,13H,3-8H2,1-2H3,(H3,12,14,15,16). The predicted molar refractivity (Wildman–Crippen MR) is 63.9 cm³/mol. The van der Waals surface area contributed by atoms with Crippen molar-refractivity contribution in [2.24, 2.45) is 11.7 Å². The van der Waals surface area contributed by atoms with Gasteiger partial charge in [0.25, 0.3) is 0 Å². The molecule has 1 unspecified atom stereocenters. The molecule has 1 atom stereocenters. The van der Waals surface area contributed by atoms with E-state index < -0.39 is 6.03 Å². The number of hydrogen-bond acceptors (Lipinski definition) is 3. The monoisotopic (exact) mass is 229 g/mol. The predicted octanol–water partition coefficient (Wildman–Crippen LogP) is 0.987. The summed E-state index contributed by atoms with van der Waals surface area (Å²) in [5.41, 5.74) is 4.82. The van der Waals surface area contributed by atoms with Crippen molar-refractivity contribution in [3.63, 3.8) is 0 Å². The van der Waals surface area contributed by atoms with E-state index in [0.29, 0.717) is 5.92 Å². The molecule has 0 saturated heterocycles. The molecule has 0 aliphatic carbocycles. The van der Waals surface area contributed by atoms with E-state index in [-0.39, 0.29) is 12.5 Å². The minimum Gasteiger partial charge on any atom is -0.351 e. The molecule has 0 heterocycles. The molecule has 0 radical (unpaired) electrons. The summed E-state index contributed by atoms with van der Waals surface area (Å²) < 4.78 is 0. The summed E-state index contributed by atoms with van der Waals surface area (Å²) in [4.78, 5) is 21.4. The van der Waals surface area contributed by atoms with Crippen LogP contribution in [0.4, 0.5) is 4.79 Å². The smallest absolute Gasteiger partial charge is 0.318 e. The van der Waals surface area contributed by atoms with Gasteiger partial charge in [-0.2, -0.15) is 0 Å². The first kappa shape index (κ1) is 14.9. The molecule has 0 saturated carbocycles. The summed E-state index contributed by atoms with van der Waals surface area (Å²) >= 11 is 0. The molecule has 0 aliphatic heterocycles. The van der Waals surface area contributed by atoms with Gasteiger partial charge in [-0.15, -0.1) is 0 Å². The lowest BCUT2D eigenvalue weighted by Gasteiger charge is -2.14. The van der Waals surface area contributed by atoms with Crippen molar-refractivity contribution < 1.29 is 9.59 Å². The number of unbranched alkanes of at least 4 members (excludes halogenated alkanes) is 1. The van der Waals surface area contributed by atoms with Crippen molar-refractivity contribution in [2.75, 3.05) is 13.1 Å². The molecule has 94 valence electrons. The maximum absolute atomic E-state index is 11.1. The molecule has 16 heavy (non-hydrogen) atoms. The van der Waals surface area contributed by atoms with Gasteiger partial charge in [0.1, 0.15) is 0 Å². The lowest BCUT2D eigenvalue weighted by molar-refractivity contribution is -0.119. The van der Waals surface area contributed by atoms with Gasteiger partial charge in [-0.05, 0) is 18.9 Å². The van der Waals surface area contributed by atoms with Gasteiger partial charge in [0.2, 0.25) is 5.91 Å². The third kappa shape index (κ3) is 8.23. The highest BCUT2D eigenvalue weighted by atomic mass is 16.2. The Labute approximate surface area is 97.2 Å². The van der Waals surface area contributed by atoms with Crippen LogP contribution in [0.25, 0.3) is 0 Å². The zero-order valence-electron chi connectivity index (χ0n) is 10.2. The van der Waals surface area contributed by atoms with Crippen LogP contribution in [0.15, 0.2) is 0 Å². The van der Waals surface area contributed by atoms with Crippen LogP contribution in [0, 0.1) is 5.92 Å². The topological polar surface area (TPSA) is 84.2 Å². The molecule has 4 N–H and O–H groups in total. The quantitative estimate of drug-likeness (QED) is 0.580. The lowest BCUT2D eigenvalue weighted by atomic mass is 9.99. The van der Waals surface area contributed by atoms with Crippen molar-refractivity contribution in [3.05, 3.63) is 0 Å². The van der Waals surface area contributed by atoms with Crippen LogP contribution >= 0.6 is 0 Å². The number of primary amides is 1. The van der Waals surface area contributed by atoms with Gasteiger partial charge >= 0.3 is 6.03 Å². The van der Waals surface area contributed by atoms with Gasteiger partial charge in [0.05, 0.1) is 6.54 Å². The normalized spacial score (nSPS) is 12.1. The number of urea groups is 1. The Bertz CT molecular complexity index is 219. The number of nitrogens with one attached hydrogen (secondary N) is 2. The first-order valence-corrected chi connectivity index (χ1v) is 5.90. The van der Waals surface area contributed by atoms with Crippen LogP contribution < -0.4 is 16.4 Å². The van der Waals surface area contributed by atoms with Gasteiger partial charge in [-0.3, -0.25) is 10.1 Å². The fourth-order valence-electron chi connectivity index (χ4n) is 1.51. The van der Waals surface area contributed by atoms with E-state index in [1.54, 1.807) is 0 Å². The molecular formula is C11H23N3O2. The van der Waals surface area contributed by atoms with Gasteiger partial charge in [0, 0.05) is 0 Å². The van der Waals surface area contributed by atoms with E-state index in [4.69, 9.17) is 5.73 Å². The van der Waals surface area contributed by atoms with Crippen LogP contribution in [0.1, 0.15) is 39.5 Å². The summed E-state index contributed by atoms with van der Waals surface area (Å²) in [7, 11) is 0. The van der Waals surface area contributed by atoms with E-state index in [2.05, 4.69) is 19.2 Å². The molecule has 0 bridgehead atoms. The second kappa shape index (κ2) is 9.15. The maximum atomic E-state index is 11.1. The highest BCUT2D eigenvalue weighted by Crippen LogP contribution is 2.10. The number of amides is 3. The van der Waals surface area contributed by atoms with E-state index in [0.717, 1.165) is 13.0 Å². The number of rotatable bonds is 8. The second-order valence-corrected chi connectivity index (χ2v) is 3.96. The van der Waals surface area contributed by atoms with Crippen molar-refractivity contribution in [3.8, 4) is 0 Å². The molecular weight excluding hydrogens is 206 g/mol. The molecule has 0 aromatic rings. The largest absolute Gasteiger partial charge is 0.351 e. The van der Waals surface area contributed by atoms with Crippen molar-refractivity contribution >= 4 is 11.9 Å². The molecule has 0 rings (SSSR count). The van der Waals surface area contributed by atoms with Crippen LogP contribution in [0.3, 0.4) is 0 Å². The summed E-state index contributed by atoms with van der Waals surface area (Å²) in [5, 5.41) is 5.05. The summed E-state index contributed by atoms with van der Waals surface area (Å²) in [5.74, 6) is 0.221. The van der Waals surface area contributed by atoms with Crippen molar-refractivity contribution in [2.45, 2.75) is 39.5 Å². The molecule has 0 aromatic carbocycles. The average molecular weight is 229 g/mol. The fourth-order valence-corrected chi connectivity index (χ4v) is 1.51. The highest BCUT2D eigenvalue weighted by Gasteiger charge is 2.07. The molecule has 3 amide bonds. The summed E-state index contributed by atoms with van der Waals surface area (Å²) in [6.45, 7) is 5.26. The second-order valence-electron chi connectivity index (χ2n) is 3.96. The van der Waals surface area contributed by atoms with E-state index in [9.17, 15) is 9.59 Å². The van der Waals surface area contributed by atoms with Gasteiger partial charge in [-0.1, -0.05) is 33.1 Å². The van der Waals surface area contributed by atoms with Gasteiger partial charge in [0.15, 0.2) is 0 Å².